The molecule has 0 spiro atoms. The van der Waals surface area contributed by atoms with Gasteiger partial charge < -0.3 is 0 Å². The second kappa shape index (κ2) is 11.0. The number of imide groups is 1. The van der Waals surface area contributed by atoms with Gasteiger partial charge in [0.2, 0.25) is 12.8 Å². The van der Waals surface area contributed by atoms with Crippen molar-refractivity contribution in [3.63, 3.8) is 0 Å². The molecule has 2 heterocycles. The first-order valence-electron chi connectivity index (χ1n) is 13.5. The van der Waals surface area contributed by atoms with Gasteiger partial charge in [-0.25, -0.2) is 0 Å². The molecule has 0 aromatic heterocycles. The molecule has 0 aromatic carbocycles. The summed E-state index contributed by atoms with van der Waals surface area (Å²) in [5, 5.41) is 0. The molecule has 0 atom stereocenters. The Bertz CT molecular complexity index is 602. The molecule has 6 heteroatoms. The highest BCUT2D eigenvalue weighted by Crippen LogP contribution is 2.44. The third kappa shape index (κ3) is 6.82. The molecule has 0 aromatic rings. The largest absolute Gasteiger partial charge is 0.297 e. The van der Waals surface area contributed by atoms with Crippen LogP contribution in [0.1, 0.15) is 107 Å². The summed E-state index contributed by atoms with van der Waals surface area (Å²) in [6.07, 6.45) is 10.3. The Balaban J connectivity index is 2.16. The smallest absolute Gasteiger partial charge is 0.216 e. The third-order valence-corrected chi connectivity index (χ3v) is 9.36. The van der Waals surface area contributed by atoms with Crippen molar-refractivity contribution in [2.24, 2.45) is 0 Å². The van der Waals surface area contributed by atoms with Crippen LogP contribution in [0, 0.1) is 0 Å². The van der Waals surface area contributed by atoms with Crippen LogP contribution in [0.3, 0.4) is 0 Å². The first-order chi connectivity index (χ1) is 15.6. The summed E-state index contributed by atoms with van der Waals surface area (Å²) in [7, 11) is 4.59. The van der Waals surface area contributed by atoms with E-state index in [1.54, 1.807) is 0 Å². The summed E-state index contributed by atoms with van der Waals surface area (Å²) in [6, 6.07) is 1.17. The fraction of sp³-hybridized carbons (Fsp3) is 0.929. The van der Waals surface area contributed by atoms with Gasteiger partial charge in [-0.2, -0.15) is 0 Å². The lowest BCUT2D eigenvalue weighted by Crippen LogP contribution is -2.67. The van der Waals surface area contributed by atoms with Crippen LogP contribution in [0.5, 0.6) is 0 Å². The van der Waals surface area contributed by atoms with Gasteiger partial charge in [0, 0.05) is 40.8 Å². The Labute approximate surface area is 210 Å². The van der Waals surface area contributed by atoms with Gasteiger partial charge in [0.1, 0.15) is 0 Å². The Kier molecular flexibility index (Phi) is 9.43. The van der Waals surface area contributed by atoms with Gasteiger partial charge in [-0.3, -0.25) is 29.2 Å². The molecule has 34 heavy (non-hydrogen) atoms. The van der Waals surface area contributed by atoms with Crippen LogP contribution in [0.2, 0.25) is 0 Å². The van der Waals surface area contributed by atoms with Crippen molar-refractivity contribution in [3.05, 3.63) is 0 Å². The van der Waals surface area contributed by atoms with Crippen LogP contribution in [0.25, 0.3) is 0 Å². The number of piperidine rings is 2. The summed E-state index contributed by atoms with van der Waals surface area (Å²) in [6.45, 7) is 20.9. The lowest BCUT2D eigenvalue weighted by molar-refractivity contribution is -0.129. The lowest BCUT2D eigenvalue weighted by Gasteiger charge is -2.60. The number of carbonyl (C=O) groups excluding carboxylic acids is 2. The van der Waals surface area contributed by atoms with E-state index in [0.29, 0.717) is 31.4 Å². The van der Waals surface area contributed by atoms with Crippen LogP contribution in [-0.4, -0.2) is 93.8 Å². The normalized spacial score (nSPS) is 25.4. The van der Waals surface area contributed by atoms with Crippen LogP contribution in [0.15, 0.2) is 0 Å². The van der Waals surface area contributed by atoms with Gasteiger partial charge in [0.05, 0.1) is 0 Å². The molecule has 0 saturated carbocycles. The molecular formula is C28H54N4O2. The van der Waals surface area contributed by atoms with Gasteiger partial charge in [0.25, 0.3) is 0 Å². The molecule has 0 aliphatic carbocycles. The summed E-state index contributed by atoms with van der Waals surface area (Å²) in [5.74, 6) is 0. The highest BCUT2D eigenvalue weighted by atomic mass is 16.2. The van der Waals surface area contributed by atoms with Crippen molar-refractivity contribution in [2.45, 2.75) is 141 Å². The second-order valence-corrected chi connectivity index (χ2v) is 13.6. The zero-order valence-electron chi connectivity index (χ0n) is 24.0. The SMILES string of the molecule is CN1C(C)(C)CC(N(CCCCCCN(C=O)C=O)C2CC(C)(C)N(C)C(C)(C)C2)CC1(C)C. The summed E-state index contributed by atoms with van der Waals surface area (Å²) in [5.41, 5.74) is 0.700. The number of rotatable bonds is 11. The maximum absolute atomic E-state index is 10.8. The van der Waals surface area contributed by atoms with E-state index >= 15 is 0 Å². The molecule has 2 saturated heterocycles. The molecule has 6 nitrogen and oxygen atoms in total. The van der Waals surface area contributed by atoms with Gasteiger partial charge in [-0.1, -0.05) is 12.8 Å². The quantitative estimate of drug-likeness (QED) is 0.316. The molecule has 2 amide bonds. The summed E-state index contributed by atoms with van der Waals surface area (Å²) in [4.78, 5) is 30.9. The summed E-state index contributed by atoms with van der Waals surface area (Å²) >= 11 is 0. The zero-order chi connectivity index (χ0) is 25.9. The Morgan fingerprint density at radius 1 is 0.618 bits per heavy atom. The number of hydrogen-bond acceptors (Lipinski definition) is 5. The monoisotopic (exact) mass is 478 g/mol. The van der Waals surface area contributed by atoms with Crippen molar-refractivity contribution >= 4 is 12.8 Å². The molecule has 2 fully saturated rings. The van der Waals surface area contributed by atoms with E-state index in [1.807, 2.05) is 0 Å². The number of nitrogens with zero attached hydrogens (tertiary/aromatic N) is 4. The van der Waals surface area contributed by atoms with Gasteiger partial charge in [-0.15, -0.1) is 0 Å². The van der Waals surface area contributed by atoms with Crippen LogP contribution in [-0.2, 0) is 9.59 Å². The minimum Gasteiger partial charge on any atom is -0.297 e. The molecule has 2 aliphatic rings. The minimum absolute atomic E-state index is 0.175. The number of carbonyl (C=O) groups is 2. The molecule has 2 rings (SSSR count). The highest BCUT2D eigenvalue weighted by Gasteiger charge is 2.49. The topological polar surface area (TPSA) is 47.1 Å². The minimum atomic E-state index is 0.175. The van der Waals surface area contributed by atoms with Crippen LogP contribution in [0.4, 0.5) is 0 Å². The Morgan fingerprint density at radius 3 is 1.26 bits per heavy atom. The van der Waals surface area contributed by atoms with E-state index in [9.17, 15) is 9.59 Å². The number of hydrogen-bond donors (Lipinski definition) is 0. The maximum atomic E-state index is 10.8. The van der Waals surface area contributed by atoms with E-state index in [0.717, 1.165) is 25.8 Å². The van der Waals surface area contributed by atoms with Crippen molar-refractivity contribution in [1.82, 2.24) is 19.6 Å². The molecule has 198 valence electrons. The van der Waals surface area contributed by atoms with Crippen molar-refractivity contribution in [3.8, 4) is 0 Å². The number of unbranched alkanes of at least 4 members (excludes halogenated alkanes) is 3. The van der Waals surface area contributed by atoms with E-state index in [1.165, 1.54) is 37.0 Å². The zero-order valence-corrected chi connectivity index (χ0v) is 24.0. The van der Waals surface area contributed by atoms with Gasteiger partial charge >= 0.3 is 0 Å². The maximum Gasteiger partial charge on any atom is 0.216 e. The van der Waals surface area contributed by atoms with Crippen molar-refractivity contribution < 1.29 is 9.59 Å². The Morgan fingerprint density at radius 2 is 0.941 bits per heavy atom. The predicted molar refractivity (Wildman–Crippen MR) is 142 cm³/mol. The first kappa shape index (κ1) is 29.3. The fourth-order valence-corrected chi connectivity index (χ4v) is 6.84. The van der Waals surface area contributed by atoms with E-state index in [2.05, 4.69) is 84.2 Å². The first-order valence-corrected chi connectivity index (χ1v) is 13.5. The average Bonchev–Trinajstić information content (AvgIpc) is 2.71. The number of amides is 2. The molecule has 0 unspecified atom stereocenters. The molecule has 2 aliphatic heterocycles. The second-order valence-electron chi connectivity index (χ2n) is 13.6. The summed E-state index contributed by atoms with van der Waals surface area (Å²) < 4.78 is 0. The van der Waals surface area contributed by atoms with E-state index < -0.39 is 0 Å². The predicted octanol–water partition coefficient (Wildman–Crippen LogP) is 4.77. The molecular weight excluding hydrogens is 424 g/mol. The van der Waals surface area contributed by atoms with Gasteiger partial charge in [0.15, 0.2) is 0 Å². The van der Waals surface area contributed by atoms with Crippen LogP contribution < -0.4 is 0 Å². The average molecular weight is 479 g/mol. The van der Waals surface area contributed by atoms with E-state index in [4.69, 9.17) is 0 Å². The standard InChI is InChI=1S/C28H54N4O2/c1-25(2)17-23(18-26(3,4)29(25)9)32(16-14-12-11-13-15-31(21-33)22-34)24-19-27(5,6)30(10)28(7,8)20-24/h21-24H,11-20H2,1-10H3. The van der Waals surface area contributed by atoms with Gasteiger partial charge in [-0.05, 0) is 115 Å². The molecule has 0 bridgehead atoms. The highest BCUT2D eigenvalue weighted by molar-refractivity contribution is 5.68. The van der Waals surface area contributed by atoms with Crippen molar-refractivity contribution in [1.29, 1.82) is 0 Å². The lowest BCUT2D eigenvalue weighted by atomic mass is 9.73. The van der Waals surface area contributed by atoms with E-state index in [-0.39, 0.29) is 22.2 Å². The third-order valence-electron chi connectivity index (χ3n) is 9.36. The fourth-order valence-electron chi connectivity index (χ4n) is 6.84. The number of likely N-dealkylation sites (tertiary alicyclic amines) is 2. The Hall–Kier alpha value is -0.980. The molecule has 0 N–H and O–H groups in total. The van der Waals surface area contributed by atoms with Crippen LogP contribution >= 0.6 is 0 Å². The van der Waals surface area contributed by atoms with Crippen molar-refractivity contribution in [2.75, 3.05) is 27.2 Å². The molecule has 0 radical (unpaired) electrons.